The summed E-state index contributed by atoms with van der Waals surface area (Å²) < 4.78 is 0. The second kappa shape index (κ2) is 6.85. The summed E-state index contributed by atoms with van der Waals surface area (Å²) in [6, 6.07) is 0. The third-order valence-corrected chi connectivity index (χ3v) is 5.57. The van der Waals surface area contributed by atoms with Crippen LogP contribution in [0.4, 0.5) is 0 Å². The van der Waals surface area contributed by atoms with Crippen LogP contribution in [0.5, 0.6) is 0 Å². The summed E-state index contributed by atoms with van der Waals surface area (Å²) in [6.07, 6.45) is 12.6. The van der Waals surface area contributed by atoms with Gasteiger partial charge >= 0.3 is 0 Å². The lowest BCUT2D eigenvalue weighted by Gasteiger charge is -2.21. The molecule has 108 valence electrons. The van der Waals surface area contributed by atoms with Crippen LogP contribution in [0.3, 0.4) is 0 Å². The van der Waals surface area contributed by atoms with E-state index in [9.17, 15) is 0 Å². The van der Waals surface area contributed by atoms with Gasteiger partial charge in [-0.2, -0.15) is 0 Å². The van der Waals surface area contributed by atoms with Crippen molar-refractivity contribution in [2.24, 2.45) is 5.73 Å². The van der Waals surface area contributed by atoms with E-state index in [-0.39, 0.29) is 5.54 Å². The van der Waals surface area contributed by atoms with E-state index in [1.807, 2.05) is 11.3 Å². The normalized spacial score (nSPS) is 18.1. The van der Waals surface area contributed by atoms with Gasteiger partial charge < -0.3 is 5.73 Å². The summed E-state index contributed by atoms with van der Waals surface area (Å²) >= 11 is 1.87. The number of fused-ring (bicyclic) bond motifs is 1. The van der Waals surface area contributed by atoms with Gasteiger partial charge in [-0.3, -0.25) is 0 Å². The number of aryl methyl sites for hydroxylation is 2. The molecule has 3 heteroatoms. The molecule has 0 amide bonds. The molecule has 19 heavy (non-hydrogen) atoms. The van der Waals surface area contributed by atoms with E-state index in [2.05, 4.69) is 13.8 Å². The zero-order valence-electron chi connectivity index (χ0n) is 12.5. The zero-order chi connectivity index (χ0) is 13.7. The number of nitrogens with zero attached hydrogens (tertiary/aromatic N) is 1. The summed E-state index contributed by atoms with van der Waals surface area (Å²) in [4.78, 5) is 6.33. The Balaban J connectivity index is 1.89. The van der Waals surface area contributed by atoms with Gasteiger partial charge in [0.15, 0.2) is 0 Å². The van der Waals surface area contributed by atoms with Crippen LogP contribution in [0, 0.1) is 0 Å². The summed E-state index contributed by atoms with van der Waals surface area (Å²) in [5.74, 6) is 0. The zero-order valence-corrected chi connectivity index (χ0v) is 13.3. The molecule has 1 unspecified atom stereocenters. The van der Waals surface area contributed by atoms with E-state index in [1.165, 1.54) is 73.4 Å². The predicted molar refractivity (Wildman–Crippen MR) is 83.7 cm³/mol. The molecule has 2 rings (SSSR count). The fraction of sp³-hybridized carbons (Fsp3) is 0.812. The molecule has 0 saturated heterocycles. The van der Waals surface area contributed by atoms with Crippen LogP contribution in [0.15, 0.2) is 0 Å². The molecule has 0 radical (unpaired) electrons. The second-order valence-corrected chi connectivity index (χ2v) is 7.26. The van der Waals surface area contributed by atoms with E-state index in [4.69, 9.17) is 10.7 Å². The monoisotopic (exact) mass is 280 g/mol. The molecule has 1 aliphatic rings. The molecule has 1 atom stereocenters. The Bertz CT molecular complexity index is 372. The predicted octanol–water partition coefficient (Wildman–Crippen LogP) is 4.56. The second-order valence-electron chi connectivity index (χ2n) is 6.18. The molecule has 2 N–H and O–H groups in total. The maximum Gasteiger partial charge on any atom is 0.113 e. The van der Waals surface area contributed by atoms with E-state index < -0.39 is 0 Å². The fourth-order valence-electron chi connectivity index (χ4n) is 2.80. The van der Waals surface area contributed by atoms with E-state index in [1.54, 1.807) is 0 Å². The summed E-state index contributed by atoms with van der Waals surface area (Å²) in [5.41, 5.74) is 7.64. The highest BCUT2D eigenvalue weighted by atomic mass is 32.1. The minimum Gasteiger partial charge on any atom is -0.320 e. The van der Waals surface area contributed by atoms with Gasteiger partial charge in [-0.05, 0) is 39.0 Å². The molecule has 0 aliphatic heterocycles. The molecule has 1 aromatic rings. The van der Waals surface area contributed by atoms with Crippen molar-refractivity contribution >= 4 is 11.3 Å². The van der Waals surface area contributed by atoms with Gasteiger partial charge in [0, 0.05) is 4.88 Å². The molecule has 0 saturated carbocycles. The first-order valence-corrected chi connectivity index (χ1v) is 8.73. The van der Waals surface area contributed by atoms with Gasteiger partial charge in [0.25, 0.3) is 0 Å². The molecule has 0 fully saturated rings. The Morgan fingerprint density at radius 1 is 1.16 bits per heavy atom. The molecule has 1 aliphatic carbocycles. The Morgan fingerprint density at radius 2 is 1.89 bits per heavy atom. The number of rotatable bonds is 7. The molecule has 1 aromatic heterocycles. The quantitative estimate of drug-likeness (QED) is 0.744. The van der Waals surface area contributed by atoms with E-state index >= 15 is 0 Å². The van der Waals surface area contributed by atoms with Gasteiger partial charge in [-0.25, -0.2) is 4.98 Å². The summed E-state index contributed by atoms with van der Waals surface area (Å²) in [7, 11) is 0. The Kier molecular flexibility index (Phi) is 5.40. The first-order chi connectivity index (χ1) is 9.13. The molecular weight excluding hydrogens is 252 g/mol. The average Bonchev–Trinajstić information content (AvgIpc) is 2.83. The van der Waals surface area contributed by atoms with Gasteiger partial charge in [-0.1, -0.05) is 39.0 Å². The van der Waals surface area contributed by atoms with Crippen molar-refractivity contribution in [3.63, 3.8) is 0 Å². The highest BCUT2D eigenvalue weighted by Crippen LogP contribution is 2.33. The number of thiazole rings is 1. The Hall–Kier alpha value is -0.410. The van der Waals surface area contributed by atoms with Crippen LogP contribution >= 0.6 is 11.3 Å². The number of hydrogen-bond acceptors (Lipinski definition) is 3. The van der Waals surface area contributed by atoms with Crippen molar-refractivity contribution in [3.8, 4) is 0 Å². The molecule has 0 spiro atoms. The van der Waals surface area contributed by atoms with Gasteiger partial charge in [-0.15, -0.1) is 11.3 Å². The first kappa shape index (κ1) is 15.0. The van der Waals surface area contributed by atoms with Crippen molar-refractivity contribution in [2.45, 2.75) is 83.6 Å². The topological polar surface area (TPSA) is 38.9 Å². The standard InChI is InChI=1S/C16H28N2S/c1-3-4-5-6-9-12-16(2,17)15-18-13-10-7-8-11-14(13)19-15/h3-12,17H2,1-2H3. The number of unbranched alkanes of at least 4 members (excludes halogenated alkanes) is 4. The Labute approximate surface area is 121 Å². The van der Waals surface area contributed by atoms with Crippen LogP contribution in [-0.2, 0) is 18.4 Å². The lowest BCUT2D eigenvalue weighted by Crippen LogP contribution is -2.32. The lowest BCUT2D eigenvalue weighted by molar-refractivity contribution is 0.419. The van der Waals surface area contributed by atoms with Crippen LogP contribution in [0.2, 0.25) is 0 Å². The summed E-state index contributed by atoms with van der Waals surface area (Å²) in [6.45, 7) is 4.42. The first-order valence-electron chi connectivity index (χ1n) is 7.91. The minimum absolute atomic E-state index is 0.214. The van der Waals surface area contributed by atoms with Crippen LogP contribution < -0.4 is 5.73 Å². The lowest BCUT2D eigenvalue weighted by atomic mass is 9.95. The Morgan fingerprint density at radius 3 is 2.63 bits per heavy atom. The number of nitrogens with two attached hydrogens (primary N) is 1. The third kappa shape index (κ3) is 4.03. The van der Waals surface area contributed by atoms with Crippen molar-refractivity contribution < 1.29 is 0 Å². The smallest absolute Gasteiger partial charge is 0.113 e. The maximum absolute atomic E-state index is 6.51. The van der Waals surface area contributed by atoms with Crippen molar-refractivity contribution in [3.05, 3.63) is 15.6 Å². The molecule has 0 bridgehead atoms. The molecule has 2 nitrogen and oxygen atoms in total. The minimum atomic E-state index is -0.214. The number of hydrogen-bond donors (Lipinski definition) is 1. The van der Waals surface area contributed by atoms with Gasteiger partial charge in [0.1, 0.15) is 5.01 Å². The van der Waals surface area contributed by atoms with Gasteiger partial charge in [0.05, 0.1) is 11.2 Å². The molecule has 0 aromatic carbocycles. The third-order valence-electron chi connectivity index (χ3n) is 4.13. The highest BCUT2D eigenvalue weighted by molar-refractivity contribution is 7.11. The maximum atomic E-state index is 6.51. The summed E-state index contributed by atoms with van der Waals surface area (Å²) in [5, 5.41) is 1.18. The van der Waals surface area contributed by atoms with Crippen LogP contribution in [0.1, 0.15) is 80.8 Å². The van der Waals surface area contributed by atoms with Crippen LogP contribution in [-0.4, -0.2) is 4.98 Å². The fourth-order valence-corrected chi connectivity index (χ4v) is 4.04. The molecule has 1 heterocycles. The van der Waals surface area contributed by atoms with Crippen molar-refractivity contribution in [1.82, 2.24) is 4.98 Å². The van der Waals surface area contributed by atoms with E-state index in [0.717, 1.165) is 6.42 Å². The largest absolute Gasteiger partial charge is 0.320 e. The SMILES string of the molecule is CCCCCCCC(C)(N)c1nc2c(s1)CCCC2. The van der Waals surface area contributed by atoms with Crippen LogP contribution in [0.25, 0.3) is 0 Å². The van der Waals surface area contributed by atoms with Crippen molar-refractivity contribution in [1.29, 1.82) is 0 Å². The van der Waals surface area contributed by atoms with Crippen molar-refractivity contribution in [2.75, 3.05) is 0 Å². The van der Waals surface area contributed by atoms with Gasteiger partial charge in [0.2, 0.25) is 0 Å². The highest BCUT2D eigenvalue weighted by Gasteiger charge is 2.27. The molecular formula is C16H28N2S. The van der Waals surface area contributed by atoms with E-state index in [0.29, 0.717) is 0 Å². The number of aromatic nitrogens is 1. The average molecular weight is 280 g/mol.